The number of anilines is 1. The lowest BCUT2D eigenvalue weighted by atomic mass is 10.2. The van der Waals surface area contributed by atoms with Crippen LogP contribution in [0.25, 0.3) is 0 Å². The second-order valence-corrected chi connectivity index (χ2v) is 8.06. The highest BCUT2D eigenvalue weighted by Crippen LogP contribution is 2.28. The van der Waals surface area contributed by atoms with Gasteiger partial charge in [0.1, 0.15) is 0 Å². The fourth-order valence-corrected chi connectivity index (χ4v) is 4.08. The summed E-state index contributed by atoms with van der Waals surface area (Å²) in [6.45, 7) is 0. The van der Waals surface area contributed by atoms with Crippen LogP contribution in [-0.2, 0) is 5.75 Å². The van der Waals surface area contributed by atoms with Crippen molar-refractivity contribution < 1.29 is 4.79 Å². The van der Waals surface area contributed by atoms with E-state index in [4.69, 9.17) is 0 Å². The SMILES string of the molecule is O=C(Nc1nnc(SCc2ccccc2)s1)c1cccc(I)c1. The minimum atomic E-state index is -0.167. The Kier molecular flexibility index (Phi) is 5.63. The molecule has 1 amide bonds. The maximum absolute atomic E-state index is 12.2. The Morgan fingerprint density at radius 1 is 1.13 bits per heavy atom. The van der Waals surface area contributed by atoms with Gasteiger partial charge in [0.15, 0.2) is 4.34 Å². The van der Waals surface area contributed by atoms with E-state index in [9.17, 15) is 4.79 Å². The first-order chi connectivity index (χ1) is 11.2. The second-order valence-electron chi connectivity index (χ2n) is 4.61. The fourth-order valence-electron chi connectivity index (χ4n) is 1.84. The number of amides is 1. The number of hydrogen-bond donors (Lipinski definition) is 1. The summed E-state index contributed by atoms with van der Waals surface area (Å²) in [4.78, 5) is 12.2. The Labute approximate surface area is 155 Å². The highest BCUT2D eigenvalue weighted by atomic mass is 127. The van der Waals surface area contributed by atoms with Gasteiger partial charge in [-0.2, -0.15) is 0 Å². The summed E-state index contributed by atoms with van der Waals surface area (Å²) in [6, 6.07) is 17.6. The van der Waals surface area contributed by atoms with E-state index in [2.05, 4.69) is 50.2 Å². The lowest BCUT2D eigenvalue weighted by molar-refractivity contribution is 0.102. The minimum Gasteiger partial charge on any atom is -0.296 e. The van der Waals surface area contributed by atoms with Crippen molar-refractivity contribution in [3.05, 3.63) is 69.3 Å². The van der Waals surface area contributed by atoms with Gasteiger partial charge in [0, 0.05) is 14.9 Å². The van der Waals surface area contributed by atoms with Gasteiger partial charge in [-0.1, -0.05) is 59.5 Å². The van der Waals surface area contributed by atoms with Crippen molar-refractivity contribution in [2.75, 3.05) is 5.32 Å². The van der Waals surface area contributed by atoms with Crippen molar-refractivity contribution in [2.45, 2.75) is 10.1 Å². The van der Waals surface area contributed by atoms with E-state index in [-0.39, 0.29) is 5.91 Å². The lowest BCUT2D eigenvalue weighted by Crippen LogP contribution is -2.11. The first-order valence-electron chi connectivity index (χ1n) is 6.78. The normalized spacial score (nSPS) is 10.5. The van der Waals surface area contributed by atoms with Crippen LogP contribution >= 0.6 is 45.7 Å². The summed E-state index contributed by atoms with van der Waals surface area (Å²) >= 11 is 5.18. The molecule has 0 saturated heterocycles. The van der Waals surface area contributed by atoms with E-state index in [1.54, 1.807) is 17.8 Å². The summed E-state index contributed by atoms with van der Waals surface area (Å²) in [5.74, 6) is 0.666. The molecule has 1 N–H and O–H groups in total. The van der Waals surface area contributed by atoms with Crippen molar-refractivity contribution in [1.29, 1.82) is 0 Å². The number of benzene rings is 2. The molecular formula is C16H12IN3OS2. The predicted octanol–water partition coefficient (Wildman–Crippen LogP) is 4.69. The molecule has 0 spiro atoms. The Morgan fingerprint density at radius 2 is 1.96 bits per heavy atom. The zero-order valence-electron chi connectivity index (χ0n) is 11.9. The lowest BCUT2D eigenvalue weighted by Gasteiger charge is -2.01. The first kappa shape index (κ1) is 16.4. The zero-order valence-corrected chi connectivity index (χ0v) is 15.7. The minimum absolute atomic E-state index is 0.167. The van der Waals surface area contributed by atoms with Gasteiger partial charge in [0.05, 0.1) is 0 Å². The van der Waals surface area contributed by atoms with Crippen molar-refractivity contribution >= 4 is 56.7 Å². The molecule has 0 bridgehead atoms. The number of aromatic nitrogens is 2. The van der Waals surface area contributed by atoms with Crippen LogP contribution in [0.5, 0.6) is 0 Å². The highest BCUT2D eigenvalue weighted by Gasteiger charge is 2.11. The van der Waals surface area contributed by atoms with Gasteiger partial charge in [-0.25, -0.2) is 0 Å². The number of rotatable bonds is 5. The molecule has 116 valence electrons. The average molecular weight is 453 g/mol. The summed E-state index contributed by atoms with van der Waals surface area (Å²) in [5, 5.41) is 11.5. The number of hydrogen-bond acceptors (Lipinski definition) is 5. The molecule has 0 radical (unpaired) electrons. The first-order valence-corrected chi connectivity index (χ1v) is 9.66. The number of carbonyl (C=O) groups is 1. The molecule has 1 heterocycles. The van der Waals surface area contributed by atoms with Crippen LogP contribution in [0.4, 0.5) is 5.13 Å². The third kappa shape index (κ3) is 4.76. The van der Waals surface area contributed by atoms with Crippen LogP contribution in [-0.4, -0.2) is 16.1 Å². The summed E-state index contributed by atoms with van der Waals surface area (Å²) < 4.78 is 1.86. The molecule has 3 rings (SSSR count). The number of carbonyl (C=O) groups excluding carboxylic acids is 1. The fraction of sp³-hybridized carbons (Fsp3) is 0.0625. The van der Waals surface area contributed by atoms with Gasteiger partial charge in [0.25, 0.3) is 5.91 Å². The molecule has 2 aromatic carbocycles. The van der Waals surface area contributed by atoms with Crippen LogP contribution in [0.2, 0.25) is 0 Å². The third-order valence-electron chi connectivity index (χ3n) is 2.92. The van der Waals surface area contributed by atoms with E-state index < -0.39 is 0 Å². The van der Waals surface area contributed by atoms with E-state index >= 15 is 0 Å². The number of nitrogens with one attached hydrogen (secondary N) is 1. The molecule has 23 heavy (non-hydrogen) atoms. The molecular weight excluding hydrogens is 441 g/mol. The van der Waals surface area contributed by atoms with Gasteiger partial charge in [-0.15, -0.1) is 10.2 Å². The standard InChI is InChI=1S/C16H12IN3OS2/c17-13-8-4-7-12(9-13)14(21)18-15-19-20-16(23-15)22-10-11-5-2-1-3-6-11/h1-9H,10H2,(H,18,19,21). The van der Waals surface area contributed by atoms with Crippen LogP contribution in [0.15, 0.2) is 58.9 Å². The number of nitrogens with zero attached hydrogens (tertiary/aromatic N) is 2. The monoisotopic (exact) mass is 453 g/mol. The summed E-state index contributed by atoms with van der Waals surface area (Å²) in [7, 11) is 0. The van der Waals surface area contributed by atoms with Crippen LogP contribution in [0.3, 0.4) is 0 Å². The summed E-state index contributed by atoms with van der Waals surface area (Å²) in [5.41, 5.74) is 1.85. The maximum Gasteiger partial charge on any atom is 0.257 e. The van der Waals surface area contributed by atoms with E-state index in [0.29, 0.717) is 10.7 Å². The van der Waals surface area contributed by atoms with Crippen molar-refractivity contribution in [3.8, 4) is 0 Å². The van der Waals surface area contributed by atoms with Gasteiger partial charge < -0.3 is 0 Å². The summed E-state index contributed by atoms with van der Waals surface area (Å²) in [6.07, 6.45) is 0. The Morgan fingerprint density at radius 3 is 2.74 bits per heavy atom. The predicted molar refractivity (Wildman–Crippen MR) is 103 cm³/mol. The molecule has 0 saturated carbocycles. The zero-order chi connectivity index (χ0) is 16.1. The molecule has 0 aliphatic heterocycles. The van der Waals surface area contributed by atoms with Crippen LogP contribution in [0, 0.1) is 3.57 Å². The Hall–Kier alpha value is -1.45. The molecule has 1 aromatic heterocycles. The van der Waals surface area contributed by atoms with Gasteiger partial charge in [-0.3, -0.25) is 10.1 Å². The van der Waals surface area contributed by atoms with E-state index in [0.717, 1.165) is 13.7 Å². The Balaban J connectivity index is 1.60. The average Bonchev–Trinajstić information content (AvgIpc) is 3.01. The molecule has 0 aliphatic carbocycles. The topological polar surface area (TPSA) is 54.9 Å². The molecule has 0 fully saturated rings. The number of thioether (sulfide) groups is 1. The van der Waals surface area contributed by atoms with Crippen LogP contribution < -0.4 is 5.32 Å². The molecule has 7 heteroatoms. The van der Waals surface area contributed by atoms with Crippen molar-refractivity contribution in [3.63, 3.8) is 0 Å². The highest BCUT2D eigenvalue weighted by molar-refractivity contribution is 14.1. The second kappa shape index (κ2) is 7.89. The van der Waals surface area contributed by atoms with Crippen LogP contribution in [0.1, 0.15) is 15.9 Å². The van der Waals surface area contributed by atoms with Crippen molar-refractivity contribution in [1.82, 2.24) is 10.2 Å². The number of halogens is 1. The third-order valence-corrected chi connectivity index (χ3v) is 5.63. The van der Waals surface area contributed by atoms with Gasteiger partial charge >= 0.3 is 0 Å². The quantitative estimate of drug-likeness (QED) is 0.346. The maximum atomic E-state index is 12.2. The van der Waals surface area contributed by atoms with E-state index in [1.165, 1.54) is 16.9 Å². The van der Waals surface area contributed by atoms with Crippen molar-refractivity contribution in [2.24, 2.45) is 0 Å². The van der Waals surface area contributed by atoms with E-state index in [1.807, 2.05) is 36.4 Å². The van der Waals surface area contributed by atoms with Gasteiger partial charge in [0.2, 0.25) is 5.13 Å². The largest absolute Gasteiger partial charge is 0.296 e. The van der Waals surface area contributed by atoms with Gasteiger partial charge in [-0.05, 0) is 46.4 Å². The molecule has 0 unspecified atom stereocenters. The molecule has 3 aromatic rings. The molecule has 0 atom stereocenters. The molecule has 4 nitrogen and oxygen atoms in total. The Bertz CT molecular complexity index is 808. The molecule has 0 aliphatic rings. The smallest absolute Gasteiger partial charge is 0.257 e.